The van der Waals surface area contributed by atoms with E-state index in [1.807, 2.05) is 71.6 Å². The molecule has 2 heterocycles. The maximum Gasteiger partial charge on any atom is 0.263 e. The number of para-hydroxylation sites is 1. The van der Waals surface area contributed by atoms with Gasteiger partial charge in [0, 0.05) is 17.9 Å². The van der Waals surface area contributed by atoms with Crippen LogP contribution in [0.2, 0.25) is 0 Å². The second-order valence-electron chi connectivity index (χ2n) is 6.63. The Hall–Kier alpha value is -2.61. The summed E-state index contributed by atoms with van der Waals surface area (Å²) in [5.74, 6) is 0.320. The van der Waals surface area contributed by atoms with E-state index in [9.17, 15) is 0 Å². The lowest BCUT2D eigenvalue weighted by atomic mass is 9.80. The van der Waals surface area contributed by atoms with E-state index in [1.54, 1.807) is 0 Å². The number of imidazole rings is 1. The predicted molar refractivity (Wildman–Crippen MR) is 98.4 cm³/mol. The van der Waals surface area contributed by atoms with Gasteiger partial charge in [0.2, 0.25) is 0 Å². The van der Waals surface area contributed by atoms with E-state index in [-0.39, 0.29) is 5.41 Å². The summed E-state index contributed by atoms with van der Waals surface area (Å²) in [6.45, 7) is 3.94. The van der Waals surface area contributed by atoms with Gasteiger partial charge in [-0.2, -0.15) is 4.57 Å². The van der Waals surface area contributed by atoms with Crippen LogP contribution in [-0.4, -0.2) is 4.57 Å². The summed E-state index contributed by atoms with van der Waals surface area (Å²) in [6.07, 6.45) is 4.01. The minimum atomic E-state index is -2.24. The monoisotopic (exact) mass is 318 g/mol. The highest BCUT2D eigenvalue weighted by Gasteiger charge is 2.43. The third kappa shape index (κ3) is 1.92. The molecule has 0 spiro atoms. The number of rotatable bonds is 2. The number of hydrogen-bond donors (Lipinski definition) is 0. The number of allylic oxidation sites excluding steroid dienone is 1. The normalized spacial score (nSPS) is 21.2. The van der Waals surface area contributed by atoms with Crippen LogP contribution in [0.25, 0.3) is 11.9 Å². The lowest BCUT2D eigenvalue weighted by Gasteiger charge is -2.20. The van der Waals surface area contributed by atoms with Gasteiger partial charge in [0.1, 0.15) is 5.69 Å². The van der Waals surface area contributed by atoms with Crippen molar-refractivity contribution in [1.29, 1.82) is 0 Å². The standard InChI is InChI=1S/C22H23N2/c1-16-10-8-9-13-20(16)24-17(2)21-22(4,14-15-23(21)18(24)3)19-11-6-5-7-12-19/h5-15H,1-4H3/q+1/i3D3. The van der Waals surface area contributed by atoms with E-state index >= 15 is 0 Å². The van der Waals surface area contributed by atoms with Crippen molar-refractivity contribution < 1.29 is 8.68 Å². The molecule has 0 fully saturated rings. The van der Waals surface area contributed by atoms with Gasteiger partial charge in [-0.1, -0.05) is 48.5 Å². The Morgan fingerprint density at radius 3 is 2.42 bits per heavy atom. The summed E-state index contributed by atoms with van der Waals surface area (Å²) >= 11 is 0. The fourth-order valence-electron chi connectivity index (χ4n) is 3.85. The van der Waals surface area contributed by atoms with Crippen LogP contribution in [0.1, 0.15) is 39.4 Å². The summed E-state index contributed by atoms with van der Waals surface area (Å²) in [5.41, 5.74) is 4.68. The molecule has 0 N–H and O–H groups in total. The fraction of sp³-hybridized carbons (Fsp3) is 0.227. The molecule has 0 radical (unpaired) electrons. The van der Waals surface area contributed by atoms with Gasteiger partial charge in [-0.15, -0.1) is 0 Å². The average molecular weight is 318 g/mol. The van der Waals surface area contributed by atoms with Crippen molar-refractivity contribution in [3.8, 4) is 5.69 Å². The number of fused-ring (bicyclic) bond motifs is 1. The third-order valence-electron chi connectivity index (χ3n) is 5.14. The van der Waals surface area contributed by atoms with Crippen LogP contribution in [0.5, 0.6) is 0 Å². The highest BCUT2D eigenvalue weighted by Crippen LogP contribution is 2.38. The summed E-state index contributed by atoms with van der Waals surface area (Å²) in [4.78, 5) is 0. The van der Waals surface area contributed by atoms with E-state index in [4.69, 9.17) is 4.11 Å². The van der Waals surface area contributed by atoms with Crippen molar-refractivity contribution in [1.82, 2.24) is 4.57 Å². The van der Waals surface area contributed by atoms with Crippen LogP contribution >= 0.6 is 0 Å². The minimum absolute atomic E-state index is 0.320. The summed E-state index contributed by atoms with van der Waals surface area (Å²) in [6, 6.07) is 18.2. The maximum absolute atomic E-state index is 8.21. The van der Waals surface area contributed by atoms with E-state index in [1.165, 1.54) is 0 Å². The number of benzene rings is 2. The number of aryl methyl sites for hydroxylation is 1. The topological polar surface area (TPSA) is 8.81 Å². The van der Waals surface area contributed by atoms with E-state index in [0.717, 1.165) is 28.2 Å². The molecule has 0 bridgehead atoms. The van der Waals surface area contributed by atoms with Gasteiger partial charge in [0.05, 0.1) is 11.6 Å². The van der Waals surface area contributed by atoms with Gasteiger partial charge >= 0.3 is 0 Å². The highest BCUT2D eigenvalue weighted by molar-refractivity contribution is 5.50. The highest BCUT2D eigenvalue weighted by atomic mass is 15.2. The molecule has 2 heteroatoms. The second-order valence-corrected chi connectivity index (χ2v) is 6.63. The molecular weight excluding hydrogens is 292 g/mol. The van der Waals surface area contributed by atoms with E-state index in [0.29, 0.717) is 5.82 Å². The van der Waals surface area contributed by atoms with Crippen molar-refractivity contribution in [2.24, 2.45) is 0 Å². The SMILES string of the molecule is [2H]C([2H])([2H])c1n(-c2ccccc2C)c(C)c2[n+]1C=CC2(C)c1ccccc1. The van der Waals surface area contributed by atoms with Gasteiger partial charge in [-0.3, -0.25) is 0 Å². The molecule has 0 saturated carbocycles. The first-order valence-corrected chi connectivity index (χ1v) is 8.24. The zero-order valence-electron chi connectivity index (χ0n) is 17.2. The zero-order valence-corrected chi connectivity index (χ0v) is 14.2. The van der Waals surface area contributed by atoms with Crippen LogP contribution in [-0.2, 0) is 5.41 Å². The molecule has 24 heavy (non-hydrogen) atoms. The molecule has 120 valence electrons. The lowest BCUT2D eigenvalue weighted by Crippen LogP contribution is -2.34. The maximum atomic E-state index is 8.21. The Morgan fingerprint density at radius 1 is 1.00 bits per heavy atom. The molecule has 3 aromatic rings. The number of aromatic nitrogens is 2. The van der Waals surface area contributed by atoms with Crippen molar-refractivity contribution in [2.45, 2.75) is 33.0 Å². The molecule has 1 aromatic heterocycles. The predicted octanol–water partition coefficient (Wildman–Crippen LogP) is 4.48. The smallest absolute Gasteiger partial charge is 0.202 e. The Labute approximate surface area is 147 Å². The van der Waals surface area contributed by atoms with Crippen LogP contribution < -0.4 is 4.57 Å². The number of nitrogens with zero attached hydrogens (tertiary/aromatic N) is 2. The Balaban J connectivity index is 2.07. The van der Waals surface area contributed by atoms with Crippen LogP contribution in [0.3, 0.4) is 0 Å². The molecule has 0 amide bonds. The molecule has 0 aliphatic carbocycles. The lowest BCUT2D eigenvalue weighted by molar-refractivity contribution is -0.580. The summed E-state index contributed by atoms with van der Waals surface area (Å²) in [7, 11) is 0. The quantitative estimate of drug-likeness (QED) is 0.616. The Kier molecular flexibility index (Phi) is 2.57. The minimum Gasteiger partial charge on any atom is -0.202 e. The molecule has 2 nitrogen and oxygen atoms in total. The molecule has 1 atom stereocenters. The van der Waals surface area contributed by atoms with Crippen molar-refractivity contribution in [3.05, 3.63) is 89.0 Å². The van der Waals surface area contributed by atoms with Gasteiger partial charge in [-0.05, 0) is 37.1 Å². The van der Waals surface area contributed by atoms with Crippen LogP contribution in [0.4, 0.5) is 0 Å². The van der Waals surface area contributed by atoms with Crippen molar-refractivity contribution in [2.75, 3.05) is 0 Å². The average Bonchev–Trinajstić information content (AvgIpc) is 3.13. The first-order valence-electron chi connectivity index (χ1n) is 9.74. The van der Waals surface area contributed by atoms with Crippen LogP contribution in [0, 0.1) is 20.7 Å². The fourth-order valence-corrected chi connectivity index (χ4v) is 3.85. The largest absolute Gasteiger partial charge is 0.263 e. The molecule has 1 aliphatic rings. The molecule has 4 rings (SSSR count). The first-order chi connectivity index (χ1) is 12.7. The zero-order chi connectivity index (χ0) is 19.4. The van der Waals surface area contributed by atoms with Crippen molar-refractivity contribution >= 4 is 6.20 Å². The Bertz CT molecular complexity index is 1050. The van der Waals surface area contributed by atoms with Crippen molar-refractivity contribution in [3.63, 3.8) is 0 Å². The molecule has 0 saturated heterocycles. The molecule has 1 unspecified atom stereocenters. The summed E-state index contributed by atoms with van der Waals surface area (Å²) < 4.78 is 28.4. The second kappa shape index (κ2) is 5.20. The summed E-state index contributed by atoms with van der Waals surface area (Å²) in [5, 5.41) is 0. The van der Waals surface area contributed by atoms with Gasteiger partial charge in [0.25, 0.3) is 5.82 Å². The Morgan fingerprint density at radius 2 is 1.71 bits per heavy atom. The first kappa shape index (κ1) is 11.9. The molecular formula is C22H23N2+. The van der Waals surface area contributed by atoms with Gasteiger partial charge < -0.3 is 0 Å². The number of hydrogen-bond acceptors (Lipinski definition) is 0. The van der Waals surface area contributed by atoms with E-state index in [2.05, 4.69) is 25.1 Å². The molecule has 1 aliphatic heterocycles. The van der Waals surface area contributed by atoms with Crippen LogP contribution in [0.15, 0.2) is 60.7 Å². The van der Waals surface area contributed by atoms with Gasteiger partial charge in [0.15, 0.2) is 11.4 Å². The van der Waals surface area contributed by atoms with Gasteiger partial charge in [-0.25, -0.2) is 4.57 Å². The molecule has 2 aromatic carbocycles. The van der Waals surface area contributed by atoms with E-state index < -0.39 is 6.85 Å². The third-order valence-corrected chi connectivity index (χ3v) is 5.14.